The Morgan fingerprint density at radius 1 is 1.12 bits per heavy atom. The molecule has 8 nitrogen and oxygen atoms in total. The number of methoxy groups -OCH3 is 2. The topological polar surface area (TPSA) is 97.4 Å². The van der Waals surface area contributed by atoms with E-state index in [9.17, 15) is 4.79 Å². The SMILES string of the molecule is CCNc1cc(C)nc(NCCNC(=O)c2cccc(OC)c2OC)n1. The van der Waals surface area contributed by atoms with Crippen molar-refractivity contribution in [2.45, 2.75) is 13.8 Å². The van der Waals surface area contributed by atoms with Crippen LogP contribution >= 0.6 is 0 Å². The summed E-state index contributed by atoms with van der Waals surface area (Å²) in [6, 6.07) is 7.06. The molecule has 1 amide bonds. The summed E-state index contributed by atoms with van der Waals surface area (Å²) >= 11 is 0. The minimum atomic E-state index is -0.235. The molecular formula is C18H25N5O3. The first-order valence-corrected chi connectivity index (χ1v) is 8.41. The van der Waals surface area contributed by atoms with Crippen LogP contribution in [0.3, 0.4) is 0 Å². The van der Waals surface area contributed by atoms with Gasteiger partial charge >= 0.3 is 0 Å². The number of carbonyl (C=O) groups excluding carboxylic acids is 1. The molecule has 8 heteroatoms. The number of hydrogen-bond acceptors (Lipinski definition) is 7. The van der Waals surface area contributed by atoms with Crippen molar-refractivity contribution in [3.05, 3.63) is 35.5 Å². The van der Waals surface area contributed by atoms with Gasteiger partial charge in [-0.15, -0.1) is 0 Å². The zero-order chi connectivity index (χ0) is 18.9. The molecule has 0 aliphatic rings. The Morgan fingerprint density at radius 2 is 1.92 bits per heavy atom. The van der Waals surface area contributed by atoms with Crippen LogP contribution in [0.2, 0.25) is 0 Å². The summed E-state index contributed by atoms with van der Waals surface area (Å²) in [5, 5.41) is 9.11. The summed E-state index contributed by atoms with van der Waals surface area (Å²) < 4.78 is 10.5. The van der Waals surface area contributed by atoms with Crippen molar-refractivity contribution in [1.82, 2.24) is 15.3 Å². The van der Waals surface area contributed by atoms with E-state index in [0.29, 0.717) is 36.1 Å². The van der Waals surface area contributed by atoms with Gasteiger partial charge in [0.05, 0.1) is 19.8 Å². The van der Waals surface area contributed by atoms with Crippen LogP contribution in [0.4, 0.5) is 11.8 Å². The lowest BCUT2D eigenvalue weighted by atomic mass is 10.1. The monoisotopic (exact) mass is 359 g/mol. The Labute approximate surface area is 153 Å². The molecule has 1 aromatic carbocycles. The van der Waals surface area contributed by atoms with E-state index in [1.54, 1.807) is 18.2 Å². The molecule has 0 unspecified atom stereocenters. The van der Waals surface area contributed by atoms with Crippen molar-refractivity contribution >= 4 is 17.7 Å². The zero-order valence-electron chi connectivity index (χ0n) is 15.5. The first-order chi connectivity index (χ1) is 12.6. The molecule has 0 radical (unpaired) electrons. The smallest absolute Gasteiger partial charge is 0.255 e. The van der Waals surface area contributed by atoms with Crippen LogP contribution in [-0.4, -0.2) is 49.7 Å². The van der Waals surface area contributed by atoms with E-state index >= 15 is 0 Å². The van der Waals surface area contributed by atoms with Gasteiger partial charge in [0.25, 0.3) is 5.91 Å². The molecule has 0 atom stereocenters. The minimum Gasteiger partial charge on any atom is -0.493 e. The lowest BCUT2D eigenvalue weighted by Gasteiger charge is -2.13. The number of amides is 1. The molecule has 140 valence electrons. The molecule has 26 heavy (non-hydrogen) atoms. The number of ether oxygens (including phenoxy) is 2. The van der Waals surface area contributed by atoms with Gasteiger partial charge in [0, 0.05) is 31.4 Å². The lowest BCUT2D eigenvalue weighted by Crippen LogP contribution is -2.29. The van der Waals surface area contributed by atoms with Gasteiger partial charge in [0.15, 0.2) is 11.5 Å². The number of carbonyl (C=O) groups is 1. The Balaban J connectivity index is 1.91. The van der Waals surface area contributed by atoms with Crippen LogP contribution in [0.1, 0.15) is 23.0 Å². The molecule has 3 N–H and O–H groups in total. The van der Waals surface area contributed by atoms with Crippen molar-refractivity contribution in [3.63, 3.8) is 0 Å². The normalized spacial score (nSPS) is 10.2. The van der Waals surface area contributed by atoms with Crippen molar-refractivity contribution in [2.75, 3.05) is 44.5 Å². The predicted molar refractivity (Wildman–Crippen MR) is 101 cm³/mol. The van der Waals surface area contributed by atoms with Crippen LogP contribution in [0.15, 0.2) is 24.3 Å². The first kappa shape index (κ1) is 19.3. The van der Waals surface area contributed by atoms with Gasteiger partial charge in [0.2, 0.25) is 5.95 Å². The predicted octanol–water partition coefficient (Wildman–Crippen LogP) is 2.08. The highest BCUT2D eigenvalue weighted by Crippen LogP contribution is 2.30. The molecule has 0 bridgehead atoms. The molecule has 0 aliphatic heterocycles. The lowest BCUT2D eigenvalue weighted by molar-refractivity contribution is 0.0951. The number of aryl methyl sites for hydroxylation is 1. The second-order valence-corrected chi connectivity index (χ2v) is 5.47. The third-order valence-electron chi connectivity index (χ3n) is 3.55. The van der Waals surface area contributed by atoms with Gasteiger partial charge in [-0.1, -0.05) is 6.07 Å². The van der Waals surface area contributed by atoms with E-state index < -0.39 is 0 Å². The fraction of sp³-hybridized carbons (Fsp3) is 0.389. The third kappa shape index (κ3) is 4.98. The number of para-hydroxylation sites is 1. The van der Waals surface area contributed by atoms with Crippen LogP contribution in [0, 0.1) is 6.92 Å². The van der Waals surface area contributed by atoms with Gasteiger partial charge in [0.1, 0.15) is 5.82 Å². The number of aromatic nitrogens is 2. The van der Waals surface area contributed by atoms with Gasteiger partial charge in [-0.3, -0.25) is 4.79 Å². The quantitative estimate of drug-likeness (QED) is 0.590. The maximum Gasteiger partial charge on any atom is 0.255 e. The average molecular weight is 359 g/mol. The number of hydrogen-bond donors (Lipinski definition) is 3. The summed E-state index contributed by atoms with van der Waals surface area (Å²) in [4.78, 5) is 21.1. The summed E-state index contributed by atoms with van der Waals surface area (Å²) in [6.07, 6.45) is 0. The van der Waals surface area contributed by atoms with Gasteiger partial charge in [-0.05, 0) is 26.0 Å². The van der Waals surface area contributed by atoms with E-state index in [2.05, 4.69) is 25.9 Å². The molecule has 1 heterocycles. The fourth-order valence-corrected chi connectivity index (χ4v) is 2.43. The van der Waals surface area contributed by atoms with E-state index in [4.69, 9.17) is 9.47 Å². The van der Waals surface area contributed by atoms with Gasteiger partial charge < -0.3 is 25.4 Å². The van der Waals surface area contributed by atoms with Crippen molar-refractivity contribution in [3.8, 4) is 11.5 Å². The largest absolute Gasteiger partial charge is 0.493 e. The Bertz CT molecular complexity index is 752. The Morgan fingerprint density at radius 3 is 2.62 bits per heavy atom. The third-order valence-corrected chi connectivity index (χ3v) is 3.55. The van der Waals surface area contributed by atoms with E-state index in [1.807, 2.05) is 19.9 Å². The number of rotatable bonds is 9. The highest BCUT2D eigenvalue weighted by atomic mass is 16.5. The standard InChI is InChI=1S/C18H25N5O3/c1-5-19-15-11-12(2)22-18(23-15)21-10-9-20-17(24)13-7-6-8-14(25-3)16(13)26-4/h6-8,11H,5,9-10H2,1-4H3,(H,20,24)(H2,19,21,22,23). The summed E-state index contributed by atoms with van der Waals surface area (Å²) in [6.45, 7) is 5.60. The molecule has 1 aromatic heterocycles. The minimum absolute atomic E-state index is 0.235. The maximum atomic E-state index is 12.4. The summed E-state index contributed by atoms with van der Waals surface area (Å²) in [5.74, 6) is 1.99. The number of nitrogens with one attached hydrogen (secondary N) is 3. The van der Waals surface area contributed by atoms with Crippen LogP contribution < -0.4 is 25.4 Å². The highest BCUT2D eigenvalue weighted by Gasteiger charge is 2.15. The number of nitrogens with zero attached hydrogens (tertiary/aromatic N) is 2. The molecule has 2 rings (SSSR count). The number of anilines is 2. The maximum absolute atomic E-state index is 12.4. The van der Waals surface area contributed by atoms with Crippen molar-refractivity contribution < 1.29 is 14.3 Å². The zero-order valence-corrected chi connectivity index (χ0v) is 15.5. The second kappa shape index (κ2) is 9.45. The van der Waals surface area contributed by atoms with Crippen LogP contribution in [0.25, 0.3) is 0 Å². The van der Waals surface area contributed by atoms with E-state index in [0.717, 1.165) is 18.1 Å². The van der Waals surface area contributed by atoms with E-state index in [-0.39, 0.29) is 5.91 Å². The molecule has 0 saturated heterocycles. The molecule has 0 saturated carbocycles. The average Bonchev–Trinajstić information content (AvgIpc) is 2.64. The van der Waals surface area contributed by atoms with Crippen molar-refractivity contribution in [1.29, 1.82) is 0 Å². The molecule has 0 spiro atoms. The molecule has 0 fully saturated rings. The molecular weight excluding hydrogens is 334 g/mol. The summed E-state index contributed by atoms with van der Waals surface area (Å²) in [7, 11) is 3.04. The molecule has 2 aromatic rings. The first-order valence-electron chi connectivity index (χ1n) is 8.41. The summed E-state index contributed by atoms with van der Waals surface area (Å²) in [5.41, 5.74) is 1.29. The van der Waals surface area contributed by atoms with E-state index in [1.165, 1.54) is 14.2 Å². The van der Waals surface area contributed by atoms with Crippen LogP contribution in [0.5, 0.6) is 11.5 Å². The Hall–Kier alpha value is -3.03. The van der Waals surface area contributed by atoms with Gasteiger partial charge in [-0.25, -0.2) is 4.98 Å². The fourth-order valence-electron chi connectivity index (χ4n) is 2.43. The van der Waals surface area contributed by atoms with Gasteiger partial charge in [-0.2, -0.15) is 4.98 Å². The number of benzene rings is 1. The van der Waals surface area contributed by atoms with Crippen LogP contribution in [-0.2, 0) is 0 Å². The Kier molecular flexibility index (Phi) is 7.02. The molecule has 0 aliphatic carbocycles. The second-order valence-electron chi connectivity index (χ2n) is 5.47. The highest BCUT2D eigenvalue weighted by molar-refractivity contribution is 5.97. The van der Waals surface area contributed by atoms with Crippen molar-refractivity contribution in [2.24, 2.45) is 0 Å².